The lowest BCUT2D eigenvalue weighted by molar-refractivity contribution is 0.223. The summed E-state index contributed by atoms with van der Waals surface area (Å²) in [4.78, 5) is 0. The number of benzene rings is 1. The van der Waals surface area contributed by atoms with E-state index in [1.54, 1.807) is 0 Å². The topological polar surface area (TPSA) is 32.3 Å². The van der Waals surface area contributed by atoms with Gasteiger partial charge in [0.25, 0.3) is 0 Å². The largest absolute Gasteiger partial charge is 0.395 e. The molecule has 0 saturated carbocycles. The maximum absolute atomic E-state index is 13.3. The lowest BCUT2D eigenvalue weighted by Gasteiger charge is -2.18. The third kappa shape index (κ3) is 4.31. The number of nitrogens with one attached hydrogen (secondary N) is 1. The average Bonchev–Trinajstić information content (AvgIpc) is 2.29. The minimum Gasteiger partial charge on any atom is -0.395 e. The van der Waals surface area contributed by atoms with Crippen LogP contribution >= 0.6 is 0 Å². The molecule has 0 saturated heterocycles. The van der Waals surface area contributed by atoms with Gasteiger partial charge in [0.05, 0.1) is 6.61 Å². The zero-order valence-corrected chi connectivity index (χ0v) is 10.5. The van der Waals surface area contributed by atoms with E-state index < -0.39 is 17.5 Å². The van der Waals surface area contributed by atoms with Gasteiger partial charge < -0.3 is 10.4 Å². The molecule has 0 aliphatic carbocycles. The van der Waals surface area contributed by atoms with E-state index in [-0.39, 0.29) is 24.8 Å². The Hall–Kier alpha value is -1.07. The van der Waals surface area contributed by atoms with Crippen LogP contribution in [0, 0.1) is 23.4 Å². The molecule has 0 fully saturated rings. The molecule has 0 spiro atoms. The Balaban J connectivity index is 2.65. The van der Waals surface area contributed by atoms with Gasteiger partial charge in [-0.25, -0.2) is 13.2 Å². The molecule has 2 nitrogen and oxygen atoms in total. The highest BCUT2D eigenvalue weighted by Gasteiger charge is 2.13. The van der Waals surface area contributed by atoms with E-state index in [0.717, 1.165) is 12.5 Å². The highest BCUT2D eigenvalue weighted by molar-refractivity contribution is 5.20. The van der Waals surface area contributed by atoms with Crippen molar-refractivity contribution in [1.82, 2.24) is 5.32 Å². The van der Waals surface area contributed by atoms with Crippen molar-refractivity contribution in [2.45, 2.75) is 32.9 Å². The monoisotopic (exact) mass is 261 g/mol. The molecule has 1 rings (SSSR count). The van der Waals surface area contributed by atoms with E-state index in [1.807, 2.05) is 13.8 Å². The molecule has 0 aliphatic heterocycles. The van der Waals surface area contributed by atoms with Gasteiger partial charge in [-0.1, -0.05) is 13.8 Å². The van der Waals surface area contributed by atoms with Crippen LogP contribution in [-0.4, -0.2) is 17.8 Å². The molecular weight excluding hydrogens is 243 g/mol. The predicted molar refractivity (Wildman–Crippen MR) is 63.5 cm³/mol. The lowest BCUT2D eigenvalue weighted by atomic mass is 10.0. The first-order valence-corrected chi connectivity index (χ1v) is 5.91. The number of aliphatic hydroxyl groups is 1. The van der Waals surface area contributed by atoms with Gasteiger partial charge in [0.2, 0.25) is 0 Å². The smallest absolute Gasteiger partial charge is 0.161 e. The van der Waals surface area contributed by atoms with Crippen LogP contribution in [0.15, 0.2) is 12.1 Å². The third-order valence-electron chi connectivity index (χ3n) is 2.65. The van der Waals surface area contributed by atoms with E-state index in [4.69, 9.17) is 5.11 Å². The van der Waals surface area contributed by atoms with Crippen molar-refractivity contribution in [2.24, 2.45) is 5.92 Å². The summed E-state index contributed by atoms with van der Waals surface area (Å²) < 4.78 is 39.0. The standard InChI is InChI=1S/C13H18F3NO/c1-8(2)3-10(7-18)17-6-9-4-12(15)13(16)5-11(9)14/h4-5,8,10,17-18H,3,6-7H2,1-2H3. The summed E-state index contributed by atoms with van der Waals surface area (Å²) in [5, 5.41) is 12.1. The molecule has 0 aliphatic rings. The van der Waals surface area contributed by atoms with Gasteiger partial charge in [0.1, 0.15) is 5.82 Å². The van der Waals surface area contributed by atoms with Crippen molar-refractivity contribution < 1.29 is 18.3 Å². The van der Waals surface area contributed by atoms with Gasteiger partial charge in [-0.05, 0) is 18.4 Å². The van der Waals surface area contributed by atoms with E-state index in [0.29, 0.717) is 12.0 Å². The second kappa shape index (κ2) is 6.75. The van der Waals surface area contributed by atoms with Crippen LogP contribution < -0.4 is 5.32 Å². The second-order valence-electron chi connectivity index (χ2n) is 4.75. The normalized spacial score (nSPS) is 13.1. The first kappa shape index (κ1) is 15.0. The molecular formula is C13H18F3NO. The molecule has 5 heteroatoms. The summed E-state index contributed by atoms with van der Waals surface area (Å²) in [6.07, 6.45) is 0.724. The van der Waals surface area contributed by atoms with Crippen LogP contribution in [0.2, 0.25) is 0 Å². The molecule has 1 aromatic carbocycles. The molecule has 1 aromatic rings. The molecule has 0 bridgehead atoms. The van der Waals surface area contributed by atoms with Gasteiger partial charge in [-0.15, -0.1) is 0 Å². The van der Waals surface area contributed by atoms with Crippen LogP contribution in [0.5, 0.6) is 0 Å². The fourth-order valence-electron chi connectivity index (χ4n) is 1.74. The number of hydrogen-bond acceptors (Lipinski definition) is 2. The Morgan fingerprint density at radius 3 is 2.28 bits per heavy atom. The van der Waals surface area contributed by atoms with Crippen molar-refractivity contribution in [1.29, 1.82) is 0 Å². The van der Waals surface area contributed by atoms with E-state index in [9.17, 15) is 13.2 Å². The summed E-state index contributed by atoms with van der Waals surface area (Å²) in [6, 6.07) is 1.18. The number of rotatable bonds is 6. The van der Waals surface area contributed by atoms with Gasteiger partial charge in [0.15, 0.2) is 11.6 Å². The molecule has 0 amide bonds. The lowest BCUT2D eigenvalue weighted by Crippen LogP contribution is -2.33. The van der Waals surface area contributed by atoms with Gasteiger partial charge in [-0.3, -0.25) is 0 Å². The highest BCUT2D eigenvalue weighted by Crippen LogP contribution is 2.14. The van der Waals surface area contributed by atoms with E-state index in [2.05, 4.69) is 5.32 Å². The third-order valence-corrected chi connectivity index (χ3v) is 2.65. The number of halogens is 3. The maximum atomic E-state index is 13.3. The average molecular weight is 261 g/mol. The van der Waals surface area contributed by atoms with E-state index >= 15 is 0 Å². The summed E-state index contributed by atoms with van der Waals surface area (Å²) >= 11 is 0. The van der Waals surface area contributed by atoms with Gasteiger partial charge in [-0.2, -0.15) is 0 Å². The fourth-order valence-corrected chi connectivity index (χ4v) is 1.74. The highest BCUT2D eigenvalue weighted by atomic mass is 19.2. The van der Waals surface area contributed by atoms with Crippen LogP contribution in [-0.2, 0) is 6.54 Å². The Morgan fingerprint density at radius 2 is 1.72 bits per heavy atom. The number of hydrogen-bond donors (Lipinski definition) is 2. The minimum atomic E-state index is -1.20. The first-order chi connectivity index (χ1) is 8.43. The minimum absolute atomic E-state index is 0.0520. The summed E-state index contributed by atoms with van der Waals surface area (Å²) in [5.74, 6) is -2.68. The quantitative estimate of drug-likeness (QED) is 0.771. The zero-order chi connectivity index (χ0) is 13.7. The van der Waals surface area contributed by atoms with Crippen molar-refractivity contribution in [3.05, 3.63) is 35.1 Å². The van der Waals surface area contributed by atoms with Crippen molar-refractivity contribution in [2.75, 3.05) is 6.61 Å². The SMILES string of the molecule is CC(C)CC(CO)NCc1cc(F)c(F)cc1F. The van der Waals surface area contributed by atoms with Crippen LogP contribution in [0.3, 0.4) is 0 Å². The Bertz CT molecular complexity index is 396. The molecule has 0 heterocycles. The Labute approximate surface area is 105 Å². The van der Waals surface area contributed by atoms with Crippen LogP contribution in [0.25, 0.3) is 0 Å². The fraction of sp³-hybridized carbons (Fsp3) is 0.538. The summed E-state index contributed by atoms with van der Waals surface area (Å²) in [5.41, 5.74) is 0.0520. The second-order valence-corrected chi connectivity index (χ2v) is 4.75. The Kier molecular flexibility index (Phi) is 5.62. The van der Waals surface area contributed by atoms with Gasteiger partial charge >= 0.3 is 0 Å². The molecule has 0 aromatic heterocycles. The van der Waals surface area contributed by atoms with Crippen molar-refractivity contribution in [3.8, 4) is 0 Å². The molecule has 0 radical (unpaired) electrons. The Morgan fingerprint density at radius 1 is 1.11 bits per heavy atom. The van der Waals surface area contributed by atoms with E-state index in [1.165, 1.54) is 0 Å². The molecule has 1 atom stereocenters. The molecule has 18 heavy (non-hydrogen) atoms. The molecule has 102 valence electrons. The van der Waals surface area contributed by atoms with Crippen molar-refractivity contribution >= 4 is 0 Å². The van der Waals surface area contributed by atoms with Crippen LogP contribution in [0.1, 0.15) is 25.8 Å². The molecule has 2 N–H and O–H groups in total. The predicted octanol–water partition coefficient (Wildman–Crippen LogP) is 2.60. The summed E-state index contributed by atoms with van der Waals surface area (Å²) in [7, 11) is 0. The van der Waals surface area contributed by atoms with Crippen LogP contribution in [0.4, 0.5) is 13.2 Å². The number of aliphatic hydroxyl groups excluding tert-OH is 1. The maximum Gasteiger partial charge on any atom is 0.161 e. The zero-order valence-electron chi connectivity index (χ0n) is 10.5. The molecule has 1 unspecified atom stereocenters. The van der Waals surface area contributed by atoms with Gasteiger partial charge in [0, 0.05) is 24.2 Å². The first-order valence-electron chi connectivity index (χ1n) is 5.91. The van der Waals surface area contributed by atoms with Crippen molar-refractivity contribution in [3.63, 3.8) is 0 Å². The summed E-state index contributed by atoms with van der Waals surface area (Å²) in [6.45, 7) is 3.98.